The standard InChI is InChI=1S/C14H19BrF2O/c1-2-3-4-5-6-7-18-14-12(16)8-11(10-15)9-13(14)17/h8-9H,2-7,10H2,1H3. The van der Waals surface area contributed by atoms with Crippen LogP contribution in [0.2, 0.25) is 0 Å². The fourth-order valence-corrected chi connectivity index (χ4v) is 2.03. The van der Waals surface area contributed by atoms with Crippen LogP contribution in [0.4, 0.5) is 8.78 Å². The quantitative estimate of drug-likeness (QED) is 0.472. The van der Waals surface area contributed by atoms with E-state index in [-0.39, 0.29) is 5.75 Å². The van der Waals surface area contributed by atoms with E-state index in [4.69, 9.17) is 4.74 Å². The number of alkyl halides is 1. The third-order valence-electron chi connectivity index (χ3n) is 2.71. The molecule has 0 aliphatic rings. The summed E-state index contributed by atoms with van der Waals surface area (Å²) in [4.78, 5) is 0. The molecule has 0 saturated carbocycles. The summed E-state index contributed by atoms with van der Waals surface area (Å²) in [5.41, 5.74) is 0.570. The zero-order valence-corrected chi connectivity index (χ0v) is 12.2. The molecule has 1 nitrogen and oxygen atoms in total. The summed E-state index contributed by atoms with van der Waals surface area (Å²) in [5.74, 6) is -1.51. The lowest BCUT2D eigenvalue weighted by molar-refractivity contribution is 0.275. The predicted molar refractivity (Wildman–Crippen MR) is 73.2 cm³/mol. The average molecular weight is 321 g/mol. The first-order valence-corrected chi connectivity index (χ1v) is 7.47. The van der Waals surface area contributed by atoms with E-state index in [0.717, 1.165) is 19.3 Å². The van der Waals surface area contributed by atoms with Crippen LogP contribution >= 0.6 is 15.9 Å². The molecule has 1 aromatic rings. The van der Waals surface area contributed by atoms with Gasteiger partial charge in [0.25, 0.3) is 0 Å². The molecule has 1 aromatic carbocycles. The lowest BCUT2D eigenvalue weighted by Gasteiger charge is -2.09. The second kappa shape index (κ2) is 8.46. The van der Waals surface area contributed by atoms with Gasteiger partial charge in [0.1, 0.15) is 0 Å². The molecule has 0 aliphatic carbocycles. The Labute approximate surface area is 116 Å². The van der Waals surface area contributed by atoms with Gasteiger partial charge in [-0.25, -0.2) is 8.78 Å². The smallest absolute Gasteiger partial charge is 0.190 e. The summed E-state index contributed by atoms with van der Waals surface area (Å²) in [6.45, 7) is 2.51. The highest BCUT2D eigenvalue weighted by Crippen LogP contribution is 2.24. The van der Waals surface area contributed by atoms with Crippen LogP contribution in [-0.2, 0) is 5.33 Å². The van der Waals surface area contributed by atoms with Crippen molar-refractivity contribution in [3.63, 3.8) is 0 Å². The van der Waals surface area contributed by atoms with Crippen molar-refractivity contribution in [1.82, 2.24) is 0 Å². The first-order chi connectivity index (χ1) is 8.69. The van der Waals surface area contributed by atoms with Crippen molar-refractivity contribution in [2.24, 2.45) is 0 Å². The topological polar surface area (TPSA) is 9.23 Å². The Balaban J connectivity index is 2.42. The van der Waals surface area contributed by atoms with Gasteiger partial charge in [-0.05, 0) is 24.1 Å². The Morgan fingerprint density at radius 1 is 1.06 bits per heavy atom. The van der Waals surface area contributed by atoms with Crippen LogP contribution in [0.5, 0.6) is 5.75 Å². The molecule has 0 heterocycles. The van der Waals surface area contributed by atoms with Gasteiger partial charge < -0.3 is 4.74 Å². The maximum atomic E-state index is 13.5. The minimum atomic E-state index is -0.627. The molecule has 0 N–H and O–H groups in total. The molecule has 0 saturated heterocycles. The second-order valence-electron chi connectivity index (χ2n) is 4.28. The number of benzene rings is 1. The molecule has 4 heteroatoms. The molecule has 0 unspecified atom stereocenters. The van der Waals surface area contributed by atoms with Crippen molar-refractivity contribution < 1.29 is 13.5 Å². The lowest BCUT2D eigenvalue weighted by atomic mass is 10.2. The largest absolute Gasteiger partial charge is 0.488 e. The zero-order chi connectivity index (χ0) is 13.4. The molecule has 1 rings (SSSR count). The molecule has 0 radical (unpaired) electrons. The van der Waals surface area contributed by atoms with Crippen molar-refractivity contribution in [3.05, 3.63) is 29.3 Å². The van der Waals surface area contributed by atoms with Crippen LogP contribution in [0, 0.1) is 11.6 Å². The molecular weight excluding hydrogens is 302 g/mol. The highest BCUT2D eigenvalue weighted by molar-refractivity contribution is 9.08. The number of hydrogen-bond donors (Lipinski definition) is 0. The van der Waals surface area contributed by atoms with Crippen LogP contribution in [0.15, 0.2) is 12.1 Å². The Bertz CT molecular complexity index is 346. The Hall–Kier alpha value is -0.640. The molecule has 0 amide bonds. The molecule has 0 aliphatic heterocycles. The first-order valence-electron chi connectivity index (χ1n) is 6.35. The van der Waals surface area contributed by atoms with Gasteiger partial charge in [-0.3, -0.25) is 0 Å². The Morgan fingerprint density at radius 2 is 1.67 bits per heavy atom. The van der Waals surface area contributed by atoms with Crippen molar-refractivity contribution in [1.29, 1.82) is 0 Å². The minimum absolute atomic E-state index is 0.254. The van der Waals surface area contributed by atoms with E-state index in [1.165, 1.54) is 25.0 Å². The highest BCUT2D eigenvalue weighted by Gasteiger charge is 2.12. The molecule has 18 heavy (non-hydrogen) atoms. The van der Waals surface area contributed by atoms with E-state index in [9.17, 15) is 8.78 Å². The second-order valence-corrected chi connectivity index (χ2v) is 4.85. The Morgan fingerprint density at radius 3 is 2.22 bits per heavy atom. The fraction of sp³-hybridized carbons (Fsp3) is 0.571. The third-order valence-corrected chi connectivity index (χ3v) is 3.35. The van der Waals surface area contributed by atoms with Crippen molar-refractivity contribution in [2.45, 2.75) is 44.4 Å². The zero-order valence-electron chi connectivity index (χ0n) is 10.6. The molecule has 0 fully saturated rings. The molecule has 0 atom stereocenters. The third kappa shape index (κ3) is 4.92. The van der Waals surface area contributed by atoms with E-state index < -0.39 is 11.6 Å². The number of hydrogen-bond acceptors (Lipinski definition) is 1. The summed E-state index contributed by atoms with van der Waals surface area (Å²) in [6, 6.07) is 2.59. The normalized spacial score (nSPS) is 10.7. The molecule has 0 bridgehead atoms. The SMILES string of the molecule is CCCCCCCOc1c(F)cc(CBr)cc1F. The van der Waals surface area contributed by atoms with Gasteiger partial charge in [-0.15, -0.1) is 0 Å². The van der Waals surface area contributed by atoms with E-state index in [2.05, 4.69) is 22.9 Å². The number of rotatable bonds is 8. The minimum Gasteiger partial charge on any atom is -0.488 e. The van der Waals surface area contributed by atoms with Gasteiger partial charge in [-0.2, -0.15) is 0 Å². The fourth-order valence-electron chi connectivity index (χ4n) is 1.71. The lowest BCUT2D eigenvalue weighted by Crippen LogP contribution is -2.02. The monoisotopic (exact) mass is 320 g/mol. The summed E-state index contributed by atoms with van der Waals surface area (Å²) in [7, 11) is 0. The van der Waals surface area contributed by atoms with Crippen LogP contribution in [0.1, 0.15) is 44.6 Å². The summed E-state index contributed by atoms with van der Waals surface area (Å²) < 4.78 is 32.3. The van der Waals surface area contributed by atoms with Gasteiger partial charge in [0, 0.05) is 5.33 Å². The number of halogens is 3. The number of unbranched alkanes of at least 4 members (excludes halogenated alkanes) is 4. The van der Waals surface area contributed by atoms with Gasteiger partial charge >= 0.3 is 0 Å². The average Bonchev–Trinajstić information content (AvgIpc) is 2.35. The van der Waals surface area contributed by atoms with E-state index in [0.29, 0.717) is 17.5 Å². The summed E-state index contributed by atoms with van der Waals surface area (Å²) >= 11 is 3.16. The summed E-state index contributed by atoms with van der Waals surface area (Å²) in [5, 5.41) is 0.429. The molecule has 0 spiro atoms. The van der Waals surface area contributed by atoms with Crippen LogP contribution in [-0.4, -0.2) is 6.61 Å². The van der Waals surface area contributed by atoms with Crippen molar-refractivity contribution in [2.75, 3.05) is 6.61 Å². The van der Waals surface area contributed by atoms with Crippen molar-refractivity contribution >= 4 is 15.9 Å². The van der Waals surface area contributed by atoms with E-state index in [1.807, 2.05) is 0 Å². The van der Waals surface area contributed by atoms with Gasteiger partial charge in [-0.1, -0.05) is 48.5 Å². The molecular formula is C14H19BrF2O. The molecule has 102 valence electrons. The predicted octanol–water partition coefficient (Wildman–Crippen LogP) is 5.21. The van der Waals surface area contributed by atoms with Gasteiger partial charge in [0.2, 0.25) is 0 Å². The summed E-state index contributed by atoms with van der Waals surface area (Å²) in [6.07, 6.45) is 5.39. The van der Waals surface area contributed by atoms with Crippen molar-refractivity contribution in [3.8, 4) is 5.75 Å². The Kier molecular flexibility index (Phi) is 7.25. The molecule has 0 aromatic heterocycles. The van der Waals surface area contributed by atoms with Crippen LogP contribution < -0.4 is 4.74 Å². The van der Waals surface area contributed by atoms with Crippen LogP contribution in [0.25, 0.3) is 0 Å². The maximum Gasteiger partial charge on any atom is 0.190 e. The maximum absolute atomic E-state index is 13.5. The highest BCUT2D eigenvalue weighted by atomic mass is 79.9. The first kappa shape index (κ1) is 15.4. The van der Waals surface area contributed by atoms with Gasteiger partial charge in [0.05, 0.1) is 6.61 Å². The van der Waals surface area contributed by atoms with Crippen LogP contribution in [0.3, 0.4) is 0 Å². The van der Waals surface area contributed by atoms with E-state index >= 15 is 0 Å². The number of ether oxygens (including phenoxy) is 1. The van der Waals surface area contributed by atoms with E-state index in [1.54, 1.807) is 0 Å². The van der Waals surface area contributed by atoms with Gasteiger partial charge in [0.15, 0.2) is 17.4 Å².